The average molecular weight is 426 g/mol. The molecule has 1 aromatic heterocycles. The van der Waals surface area contributed by atoms with E-state index in [1.165, 1.54) is 108 Å². The van der Waals surface area contributed by atoms with Gasteiger partial charge in [-0.15, -0.1) is 0 Å². The first-order valence-corrected chi connectivity index (χ1v) is 13.1. The molecule has 3 nitrogen and oxygen atoms in total. The van der Waals surface area contributed by atoms with E-state index in [4.69, 9.17) is 4.98 Å². The number of hydrogen-bond donors (Lipinski definition) is 1. The highest BCUT2D eigenvalue weighted by atomic mass is 15.2. The highest BCUT2D eigenvalue weighted by molar-refractivity contribution is 5.58. The number of hydrogen-bond acceptors (Lipinski definition) is 2. The number of aromatic amines is 1. The molecule has 1 atom stereocenters. The molecule has 0 saturated carbocycles. The molecule has 0 saturated heterocycles. The van der Waals surface area contributed by atoms with Gasteiger partial charge in [0.25, 0.3) is 0 Å². The zero-order valence-corrected chi connectivity index (χ0v) is 20.5. The van der Waals surface area contributed by atoms with Crippen LogP contribution in [0.5, 0.6) is 0 Å². The number of rotatable bonds is 18. The van der Waals surface area contributed by atoms with Crippen molar-refractivity contribution in [3.05, 3.63) is 42.4 Å². The van der Waals surface area contributed by atoms with E-state index < -0.39 is 0 Å². The number of nitrogens with zero attached hydrogens (tertiary/aromatic N) is 2. The molecule has 3 heteroatoms. The molecule has 0 spiro atoms. The maximum Gasteiger partial charge on any atom is 0.123 e. The molecule has 0 aliphatic carbocycles. The Balaban J connectivity index is 2.14. The van der Waals surface area contributed by atoms with Crippen molar-refractivity contribution < 1.29 is 0 Å². The Morgan fingerprint density at radius 2 is 1.32 bits per heavy atom. The number of nitrogens with one attached hydrogen (secondary N) is 1. The zero-order valence-electron chi connectivity index (χ0n) is 20.5. The molecule has 1 unspecified atom stereocenters. The van der Waals surface area contributed by atoms with Crippen molar-refractivity contribution in [2.45, 2.75) is 110 Å². The normalized spacial score (nSPS) is 12.5. The maximum absolute atomic E-state index is 4.90. The highest BCUT2D eigenvalue weighted by Crippen LogP contribution is 2.28. The van der Waals surface area contributed by atoms with Crippen LogP contribution in [0.3, 0.4) is 0 Å². The summed E-state index contributed by atoms with van der Waals surface area (Å²) in [5, 5.41) is 0. The lowest BCUT2D eigenvalue weighted by molar-refractivity contribution is 0.169. The number of imidazole rings is 1. The average Bonchev–Trinajstić information content (AvgIpc) is 3.29. The van der Waals surface area contributed by atoms with E-state index in [2.05, 4.69) is 61.0 Å². The largest absolute Gasteiger partial charge is 0.341 e. The summed E-state index contributed by atoms with van der Waals surface area (Å²) in [5.74, 6) is 1.17. The molecule has 0 aliphatic heterocycles. The number of unbranched alkanes of at least 4 members (excludes halogenated alkanes) is 9. The van der Waals surface area contributed by atoms with Crippen LogP contribution in [0.4, 0.5) is 0 Å². The summed E-state index contributed by atoms with van der Waals surface area (Å²) < 4.78 is 0. The minimum absolute atomic E-state index is 0.414. The minimum atomic E-state index is 0.414. The van der Waals surface area contributed by atoms with E-state index in [0.717, 1.165) is 5.69 Å². The van der Waals surface area contributed by atoms with Crippen LogP contribution in [0.1, 0.15) is 116 Å². The van der Waals surface area contributed by atoms with Gasteiger partial charge in [-0.05, 0) is 37.9 Å². The highest BCUT2D eigenvalue weighted by Gasteiger charge is 2.22. The zero-order chi connectivity index (χ0) is 22.2. The van der Waals surface area contributed by atoms with Gasteiger partial charge in [0.1, 0.15) is 5.82 Å². The van der Waals surface area contributed by atoms with Crippen molar-refractivity contribution in [2.24, 2.45) is 0 Å². The summed E-state index contributed by atoms with van der Waals surface area (Å²) in [4.78, 5) is 11.4. The van der Waals surface area contributed by atoms with Crippen molar-refractivity contribution >= 4 is 0 Å². The molecule has 1 aromatic carbocycles. The molecule has 0 radical (unpaired) electrons. The molecule has 0 bridgehead atoms. The van der Waals surface area contributed by atoms with Crippen LogP contribution >= 0.6 is 0 Å². The Hall–Kier alpha value is -1.61. The fourth-order valence-electron chi connectivity index (χ4n) is 4.43. The van der Waals surface area contributed by atoms with E-state index in [1.807, 2.05) is 6.20 Å². The molecule has 31 heavy (non-hydrogen) atoms. The molecule has 1 N–H and O–H groups in total. The van der Waals surface area contributed by atoms with Gasteiger partial charge in [-0.1, -0.05) is 115 Å². The smallest absolute Gasteiger partial charge is 0.123 e. The fourth-order valence-corrected chi connectivity index (χ4v) is 4.43. The first kappa shape index (κ1) is 25.6. The van der Waals surface area contributed by atoms with Crippen LogP contribution in [0, 0.1) is 0 Å². The van der Waals surface area contributed by atoms with Crippen molar-refractivity contribution in [2.75, 3.05) is 13.1 Å². The van der Waals surface area contributed by atoms with Crippen molar-refractivity contribution in [3.63, 3.8) is 0 Å². The summed E-state index contributed by atoms with van der Waals surface area (Å²) >= 11 is 0. The van der Waals surface area contributed by atoms with Gasteiger partial charge in [0, 0.05) is 0 Å². The Labute approximate surface area is 192 Å². The lowest BCUT2D eigenvalue weighted by Gasteiger charge is -2.31. The number of benzene rings is 1. The van der Waals surface area contributed by atoms with Crippen LogP contribution in [-0.2, 0) is 0 Å². The standard InChI is InChI=1S/C28H47N3/c1-4-7-10-16-21-27(28-29-24-26(30-28)25-19-14-13-15-20-25)31(22-17-11-8-5-2)23-18-12-9-6-3/h13-15,19-20,24,27H,4-12,16-18,21-23H2,1-3H3,(H,29,30). The molecule has 0 fully saturated rings. The lowest BCUT2D eigenvalue weighted by Crippen LogP contribution is -2.32. The molecular formula is C28H47N3. The summed E-state index contributed by atoms with van der Waals surface area (Å²) in [6, 6.07) is 11.0. The number of H-pyrrole nitrogens is 1. The summed E-state index contributed by atoms with van der Waals surface area (Å²) in [7, 11) is 0. The van der Waals surface area contributed by atoms with Crippen molar-refractivity contribution in [1.29, 1.82) is 0 Å². The molecule has 1 heterocycles. The predicted molar refractivity (Wildman–Crippen MR) is 135 cm³/mol. The molecule has 0 amide bonds. The van der Waals surface area contributed by atoms with Crippen LogP contribution in [0.25, 0.3) is 11.3 Å². The van der Waals surface area contributed by atoms with Gasteiger partial charge in [-0.3, -0.25) is 4.90 Å². The first-order valence-electron chi connectivity index (χ1n) is 13.1. The molecular weight excluding hydrogens is 378 g/mol. The van der Waals surface area contributed by atoms with E-state index in [0.29, 0.717) is 6.04 Å². The van der Waals surface area contributed by atoms with Gasteiger partial charge in [0.15, 0.2) is 0 Å². The number of aromatic nitrogens is 2. The Bertz CT molecular complexity index is 652. The predicted octanol–water partition coefficient (Wildman–Crippen LogP) is 8.55. The topological polar surface area (TPSA) is 31.9 Å². The Morgan fingerprint density at radius 3 is 1.90 bits per heavy atom. The Kier molecular flexibility index (Phi) is 13.3. The first-order chi connectivity index (χ1) is 15.3. The summed E-state index contributed by atoms with van der Waals surface area (Å²) in [5.41, 5.74) is 2.37. The molecule has 2 aromatic rings. The quantitative estimate of drug-likeness (QED) is 0.243. The van der Waals surface area contributed by atoms with Gasteiger partial charge < -0.3 is 4.98 Å². The van der Waals surface area contributed by atoms with Gasteiger partial charge in [0.2, 0.25) is 0 Å². The third-order valence-corrected chi connectivity index (χ3v) is 6.37. The second-order valence-electron chi connectivity index (χ2n) is 9.07. The van der Waals surface area contributed by atoms with Crippen LogP contribution in [0.2, 0.25) is 0 Å². The lowest BCUT2D eigenvalue weighted by atomic mass is 10.0. The van der Waals surface area contributed by atoms with Gasteiger partial charge in [0.05, 0.1) is 17.9 Å². The van der Waals surface area contributed by atoms with Crippen LogP contribution in [0.15, 0.2) is 36.5 Å². The van der Waals surface area contributed by atoms with E-state index in [-0.39, 0.29) is 0 Å². The monoisotopic (exact) mass is 425 g/mol. The maximum atomic E-state index is 4.90. The van der Waals surface area contributed by atoms with Gasteiger partial charge in [-0.2, -0.15) is 0 Å². The molecule has 174 valence electrons. The third kappa shape index (κ3) is 9.60. The van der Waals surface area contributed by atoms with Crippen LogP contribution in [-0.4, -0.2) is 28.0 Å². The van der Waals surface area contributed by atoms with Gasteiger partial charge in [-0.25, -0.2) is 4.98 Å². The van der Waals surface area contributed by atoms with Gasteiger partial charge >= 0.3 is 0 Å². The van der Waals surface area contributed by atoms with E-state index in [9.17, 15) is 0 Å². The fraction of sp³-hybridized carbons (Fsp3) is 0.679. The minimum Gasteiger partial charge on any atom is -0.341 e. The SMILES string of the molecule is CCCCCCC(c1ncc(-c2ccccc2)[nH]1)N(CCCCCC)CCCCCC. The molecule has 0 aliphatic rings. The van der Waals surface area contributed by atoms with Crippen LogP contribution < -0.4 is 0 Å². The van der Waals surface area contributed by atoms with E-state index in [1.54, 1.807) is 0 Å². The Morgan fingerprint density at radius 1 is 0.742 bits per heavy atom. The van der Waals surface area contributed by atoms with E-state index >= 15 is 0 Å². The second-order valence-corrected chi connectivity index (χ2v) is 9.07. The summed E-state index contributed by atoms with van der Waals surface area (Å²) in [6.45, 7) is 9.29. The third-order valence-electron chi connectivity index (χ3n) is 6.37. The second kappa shape index (κ2) is 16.1. The molecule has 2 rings (SSSR count). The van der Waals surface area contributed by atoms with Crippen molar-refractivity contribution in [1.82, 2.24) is 14.9 Å². The summed E-state index contributed by atoms with van der Waals surface area (Å²) in [6.07, 6.45) is 19.1. The van der Waals surface area contributed by atoms with Crippen molar-refractivity contribution in [3.8, 4) is 11.3 Å².